The van der Waals surface area contributed by atoms with E-state index in [-0.39, 0.29) is 11.4 Å². The number of fused-ring (bicyclic) bond motifs is 1. The number of rotatable bonds is 5. The molecule has 0 aliphatic heterocycles. The number of halogens is 2. The van der Waals surface area contributed by atoms with Crippen LogP contribution in [0.25, 0.3) is 22.2 Å². The summed E-state index contributed by atoms with van der Waals surface area (Å²) < 4.78 is 31.6. The van der Waals surface area contributed by atoms with Crippen LogP contribution in [0.4, 0.5) is 14.5 Å². The van der Waals surface area contributed by atoms with Crippen LogP contribution in [0.3, 0.4) is 0 Å². The van der Waals surface area contributed by atoms with Gasteiger partial charge in [-0.2, -0.15) is 13.9 Å². The van der Waals surface area contributed by atoms with Crippen LogP contribution in [0, 0.1) is 6.92 Å². The second-order valence-corrected chi connectivity index (χ2v) is 6.67. The third kappa shape index (κ3) is 3.71. The second-order valence-electron chi connectivity index (χ2n) is 6.67. The van der Waals surface area contributed by atoms with Gasteiger partial charge in [-0.25, -0.2) is 4.98 Å². The maximum absolute atomic E-state index is 13.1. The lowest BCUT2D eigenvalue weighted by Crippen LogP contribution is -2.15. The zero-order chi connectivity index (χ0) is 21.3. The third-order valence-electron chi connectivity index (χ3n) is 4.82. The zero-order valence-electron chi connectivity index (χ0n) is 16.3. The molecule has 0 saturated carbocycles. The summed E-state index contributed by atoms with van der Waals surface area (Å²) in [5.74, 6) is -0.566. The van der Waals surface area contributed by atoms with E-state index in [1.807, 2.05) is 32.2 Å². The highest BCUT2D eigenvalue weighted by atomic mass is 19.3. The van der Waals surface area contributed by atoms with Gasteiger partial charge in [-0.3, -0.25) is 9.48 Å². The standard InChI is InChI=1S/C22H18F2N4O2/c1-13-16(12-25-28(13)2)19-11-15(14-7-3-4-8-17(14)26-19)21(29)27-18-9-5-6-10-20(18)30-22(23)24/h3-12,22H,1-2H3,(H,27,29). The van der Waals surface area contributed by atoms with Crippen molar-refractivity contribution < 1.29 is 18.3 Å². The molecule has 0 bridgehead atoms. The van der Waals surface area contributed by atoms with E-state index < -0.39 is 12.5 Å². The normalized spacial score (nSPS) is 11.1. The first kappa shape index (κ1) is 19.5. The fraction of sp³-hybridized carbons (Fsp3) is 0.136. The number of aryl methyl sites for hydroxylation is 1. The Morgan fingerprint density at radius 1 is 1.13 bits per heavy atom. The number of aromatic nitrogens is 3. The summed E-state index contributed by atoms with van der Waals surface area (Å²) in [5, 5.41) is 7.57. The van der Waals surface area contributed by atoms with Gasteiger partial charge in [0.15, 0.2) is 0 Å². The number of anilines is 1. The number of pyridine rings is 1. The zero-order valence-corrected chi connectivity index (χ0v) is 16.3. The molecule has 0 spiro atoms. The first-order valence-electron chi connectivity index (χ1n) is 9.18. The van der Waals surface area contributed by atoms with E-state index in [0.717, 1.165) is 11.3 Å². The number of hydrogen-bond acceptors (Lipinski definition) is 4. The van der Waals surface area contributed by atoms with Crippen LogP contribution in [0.5, 0.6) is 5.75 Å². The molecule has 2 heterocycles. The van der Waals surface area contributed by atoms with E-state index in [1.165, 1.54) is 12.1 Å². The Kier molecular flexibility index (Phi) is 5.14. The summed E-state index contributed by atoms with van der Waals surface area (Å²) in [6, 6.07) is 15.0. The third-order valence-corrected chi connectivity index (χ3v) is 4.82. The van der Waals surface area contributed by atoms with E-state index in [9.17, 15) is 13.6 Å². The number of nitrogens with one attached hydrogen (secondary N) is 1. The maximum atomic E-state index is 13.1. The summed E-state index contributed by atoms with van der Waals surface area (Å²) in [6.07, 6.45) is 1.69. The van der Waals surface area contributed by atoms with Gasteiger partial charge in [0.1, 0.15) is 5.75 Å². The summed E-state index contributed by atoms with van der Waals surface area (Å²) in [7, 11) is 1.83. The van der Waals surface area contributed by atoms with Gasteiger partial charge < -0.3 is 10.1 Å². The first-order valence-corrected chi connectivity index (χ1v) is 9.18. The van der Waals surface area contributed by atoms with Crippen molar-refractivity contribution in [2.24, 2.45) is 7.05 Å². The summed E-state index contributed by atoms with van der Waals surface area (Å²) in [4.78, 5) is 17.8. The van der Waals surface area contributed by atoms with Gasteiger partial charge in [-0.1, -0.05) is 30.3 Å². The highest BCUT2D eigenvalue weighted by Gasteiger charge is 2.18. The van der Waals surface area contributed by atoms with Crippen molar-refractivity contribution >= 4 is 22.5 Å². The molecule has 0 aliphatic carbocycles. The molecule has 0 fully saturated rings. The van der Waals surface area contributed by atoms with Crippen LogP contribution in [0.15, 0.2) is 60.8 Å². The van der Waals surface area contributed by atoms with E-state index >= 15 is 0 Å². The SMILES string of the molecule is Cc1c(-c2cc(C(=O)Nc3ccccc3OC(F)F)c3ccccc3n2)cnn1C. The minimum atomic E-state index is -3.00. The van der Waals surface area contributed by atoms with Crippen LogP contribution < -0.4 is 10.1 Å². The Morgan fingerprint density at radius 3 is 2.60 bits per heavy atom. The van der Waals surface area contributed by atoms with Crippen LogP contribution >= 0.6 is 0 Å². The van der Waals surface area contributed by atoms with Gasteiger partial charge >= 0.3 is 6.61 Å². The average molecular weight is 408 g/mol. The lowest BCUT2D eigenvalue weighted by Gasteiger charge is -2.13. The van der Waals surface area contributed by atoms with Crippen LogP contribution in [-0.4, -0.2) is 27.3 Å². The molecule has 30 heavy (non-hydrogen) atoms. The minimum Gasteiger partial charge on any atom is -0.433 e. The monoisotopic (exact) mass is 408 g/mol. The minimum absolute atomic E-state index is 0.109. The number of hydrogen-bond donors (Lipinski definition) is 1. The molecule has 4 aromatic rings. The van der Waals surface area contributed by atoms with Crippen molar-refractivity contribution in [2.75, 3.05) is 5.32 Å². The molecule has 4 rings (SSSR count). The molecule has 0 unspecified atom stereocenters. The van der Waals surface area contributed by atoms with Crippen molar-refractivity contribution in [3.63, 3.8) is 0 Å². The Labute approximate surface area is 171 Å². The van der Waals surface area contributed by atoms with Crippen LogP contribution in [0.2, 0.25) is 0 Å². The fourth-order valence-electron chi connectivity index (χ4n) is 3.21. The van der Waals surface area contributed by atoms with Gasteiger partial charge in [0.2, 0.25) is 0 Å². The van der Waals surface area contributed by atoms with E-state index in [4.69, 9.17) is 0 Å². The van der Waals surface area contributed by atoms with Crippen LogP contribution in [-0.2, 0) is 7.05 Å². The molecule has 0 radical (unpaired) electrons. The molecule has 152 valence electrons. The molecule has 0 saturated heterocycles. The predicted molar refractivity (Wildman–Crippen MR) is 110 cm³/mol. The smallest absolute Gasteiger partial charge is 0.387 e. The summed E-state index contributed by atoms with van der Waals surface area (Å²) in [6.45, 7) is -1.08. The molecule has 2 aromatic carbocycles. The number of carbonyl (C=O) groups excluding carboxylic acids is 1. The molecular formula is C22H18F2N4O2. The molecule has 1 amide bonds. The first-order chi connectivity index (χ1) is 14.4. The molecule has 6 nitrogen and oxygen atoms in total. The molecule has 0 atom stereocenters. The molecule has 0 aliphatic rings. The lowest BCUT2D eigenvalue weighted by atomic mass is 10.0. The fourth-order valence-corrected chi connectivity index (χ4v) is 3.21. The number of ether oxygens (including phenoxy) is 1. The number of carbonyl (C=O) groups is 1. The predicted octanol–water partition coefficient (Wildman–Crippen LogP) is 4.80. The highest BCUT2D eigenvalue weighted by Crippen LogP contribution is 2.29. The molecule has 8 heteroatoms. The van der Waals surface area contributed by atoms with Crippen molar-refractivity contribution in [3.05, 3.63) is 72.1 Å². The Hall–Kier alpha value is -3.81. The Bertz CT molecular complexity index is 1240. The quantitative estimate of drug-likeness (QED) is 0.515. The highest BCUT2D eigenvalue weighted by molar-refractivity contribution is 6.13. The van der Waals surface area contributed by atoms with Gasteiger partial charge in [0, 0.05) is 23.7 Å². The number of nitrogens with zero attached hydrogens (tertiary/aromatic N) is 3. The number of benzene rings is 2. The van der Waals surface area contributed by atoms with Gasteiger partial charge in [-0.15, -0.1) is 0 Å². The number of amides is 1. The Morgan fingerprint density at radius 2 is 1.87 bits per heavy atom. The summed E-state index contributed by atoms with van der Waals surface area (Å²) >= 11 is 0. The van der Waals surface area contributed by atoms with Gasteiger partial charge in [0.05, 0.1) is 28.7 Å². The Balaban J connectivity index is 1.79. The van der Waals surface area contributed by atoms with Gasteiger partial charge in [-0.05, 0) is 31.2 Å². The van der Waals surface area contributed by atoms with Crippen molar-refractivity contribution in [1.82, 2.24) is 14.8 Å². The largest absolute Gasteiger partial charge is 0.433 e. The number of alkyl halides is 2. The van der Waals surface area contributed by atoms with Crippen molar-refractivity contribution in [3.8, 4) is 17.0 Å². The molecule has 1 N–H and O–H groups in total. The lowest BCUT2D eigenvalue weighted by molar-refractivity contribution is -0.0493. The summed E-state index contributed by atoms with van der Waals surface area (Å²) in [5.41, 5.74) is 3.47. The van der Waals surface area contributed by atoms with E-state index in [1.54, 1.807) is 35.1 Å². The van der Waals surface area contributed by atoms with Crippen molar-refractivity contribution in [1.29, 1.82) is 0 Å². The van der Waals surface area contributed by atoms with Crippen molar-refractivity contribution in [2.45, 2.75) is 13.5 Å². The topological polar surface area (TPSA) is 69.0 Å². The number of para-hydroxylation sites is 3. The van der Waals surface area contributed by atoms with Gasteiger partial charge in [0.25, 0.3) is 5.91 Å². The van der Waals surface area contributed by atoms with Crippen LogP contribution in [0.1, 0.15) is 16.1 Å². The molecule has 2 aromatic heterocycles. The average Bonchev–Trinajstić information content (AvgIpc) is 3.06. The van der Waals surface area contributed by atoms with E-state index in [0.29, 0.717) is 22.2 Å². The second kappa shape index (κ2) is 7.90. The maximum Gasteiger partial charge on any atom is 0.387 e. The molecular weight excluding hydrogens is 390 g/mol. The van der Waals surface area contributed by atoms with E-state index in [2.05, 4.69) is 20.1 Å².